The zero-order valence-electron chi connectivity index (χ0n) is 15.7. The first-order valence-electron chi connectivity index (χ1n) is 10.6. The van der Waals surface area contributed by atoms with Crippen molar-refractivity contribution in [2.24, 2.45) is 23.7 Å². The molecule has 0 aliphatic heterocycles. The van der Waals surface area contributed by atoms with Crippen LogP contribution < -0.4 is 0 Å². The van der Waals surface area contributed by atoms with Crippen LogP contribution in [-0.2, 0) is 9.53 Å². The van der Waals surface area contributed by atoms with E-state index in [4.69, 9.17) is 4.74 Å². The van der Waals surface area contributed by atoms with Crippen LogP contribution in [0.5, 0.6) is 0 Å². The van der Waals surface area contributed by atoms with Crippen LogP contribution in [0.1, 0.15) is 77.0 Å². The summed E-state index contributed by atoms with van der Waals surface area (Å²) in [6.45, 7) is 4.33. The average Bonchev–Trinajstić information content (AvgIpc) is 2.67. The van der Waals surface area contributed by atoms with Crippen molar-refractivity contribution in [2.75, 3.05) is 6.61 Å². The zero-order valence-corrected chi connectivity index (χ0v) is 15.7. The maximum Gasteiger partial charge on any atom is 0.139 e. The standard InChI is InChI=1S/C22H36O3/c1-2-15-25-21-13-9-19(10-14-21)22(24)18-5-3-16(4-6-18)17-7-11-20(23)12-8-17/h2,16-21,23H,1,3-15H2. The Kier molecular flexibility index (Phi) is 7.12. The number of aliphatic hydroxyl groups excluding tert-OH is 1. The minimum absolute atomic E-state index is 0.0558. The molecule has 142 valence electrons. The van der Waals surface area contributed by atoms with Gasteiger partial charge in [0.15, 0.2) is 0 Å². The molecular formula is C22H36O3. The third-order valence-corrected chi connectivity index (χ3v) is 7.11. The first-order chi connectivity index (χ1) is 12.2. The van der Waals surface area contributed by atoms with Gasteiger partial charge in [-0.3, -0.25) is 4.79 Å². The second-order valence-electron chi connectivity index (χ2n) is 8.68. The Bertz CT molecular complexity index is 423. The predicted molar refractivity (Wildman–Crippen MR) is 100 cm³/mol. The number of carbonyl (C=O) groups excluding carboxylic acids is 1. The monoisotopic (exact) mass is 348 g/mol. The van der Waals surface area contributed by atoms with Crippen LogP contribution >= 0.6 is 0 Å². The first-order valence-corrected chi connectivity index (χ1v) is 10.6. The molecule has 0 bridgehead atoms. The fourth-order valence-corrected chi connectivity index (χ4v) is 5.50. The largest absolute Gasteiger partial charge is 0.393 e. The van der Waals surface area contributed by atoms with Gasteiger partial charge in [0, 0.05) is 11.8 Å². The normalized spacial score (nSPS) is 39.7. The third-order valence-electron chi connectivity index (χ3n) is 7.11. The molecule has 0 aromatic carbocycles. The Hall–Kier alpha value is -0.670. The van der Waals surface area contributed by atoms with E-state index in [1.54, 1.807) is 0 Å². The van der Waals surface area contributed by atoms with E-state index in [2.05, 4.69) is 6.58 Å². The molecule has 3 heteroatoms. The molecule has 0 atom stereocenters. The number of hydrogen-bond acceptors (Lipinski definition) is 3. The van der Waals surface area contributed by atoms with Gasteiger partial charge in [0.25, 0.3) is 0 Å². The van der Waals surface area contributed by atoms with Crippen molar-refractivity contribution in [2.45, 2.75) is 89.3 Å². The average molecular weight is 349 g/mol. The Morgan fingerprint density at radius 2 is 1.32 bits per heavy atom. The molecule has 0 aromatic heterocycles. The zero-order chi connectivity index (χ0) is 17.6. The van der Waals surface area contributed by atoms with Crippen molar-refractivity contribution in [3.63, 3.8) is 0 Å². The molecule has 0 spiro atoms. The van der Waals surface area contributed by atoms with Gasteiger partial charge in [-0.15, -0.1) is 6.58 Å². The van der Waals surface area contributed by atoms with Crippen LogP contribution in [0.3, 0.4) is 0 Å². The van der Waals surface area contributed by atoms with Gasteiger partial charge in [0.1, 0.15) is 5.78 Å². The first kappa shape index (κ1) is 19.1. The van der Waals surface area contributed by atoms with Crippen molar-refractivity contribution in [3.05, 3.63) is 12.7 Å². The van der Waals surface area contributed by atoms with Crippen LogP contribution in [0.15, 0.2) is 12.7 Å². The van der Waals surface area contributed by atoms with Crippen LogP contribution in [0.25, 0.3) is 0 Å². The van der Waals surface area contributed by atoms with Gasteiger partial charge >= 0.3 is 0 Å². The summed E-state index contributed by atoms with van der Waals surface area (Å²) in [5.74, 6) is 2.77. The molecule has 3 aliphatic rings. The molecule has 0 amide bonds. The molecule has 3 fully saturated rings. The predicted octanol–water partition coefficient (Wildman–Crippen LogP) is 4.67. The fraction of sp³-hybridized carbons (Fsp3) is 0.864. The lowest BCUT2D eigenvalue weighted by molar-refractivity contribution is -0.130. The van der Waals surface area contributed by atoms with Crippen molar-refractivity contribution < 1.29 is 14.6 Å². The van der Waals surface area contributed by atoms with Crippen molar-refractivity contribution in [3.8, 4) is 0 Å². The molecule has 0 unspecified atom stereocenters. The highest BCUT2D eigenvalue weighted by molar-refractivity contribution is 5.83. The molecule has 25 heavy (non-hydrogen) atoms. The van der Waals surface area contributed by atoms with Crippen LogP contribution in [0.2, 0.25) is 0 Å². The SMILES string of the molecule is C=CCOC1CCC(C(=O)C2CCC(C3CCC(O)CC3)CC2)CC1. The molecule has 0 aromatic rings. The van der Waals surface area contributed by atoms with Gasteiger partial charge in [0.05, 0.1) is 18.8 Å². The number of ether oxygens (including phenoxy) is 1. The van der Waals surface area contributed by atoms with Crippen molar-refractivity contribution >= 4 is 5.78 Å². The van der Waals surface area contributed by atoms with Gasteiger partial charge in [-0.2, -0.15) is 0 Å². The van der Waals surface area contributed by atoms with E-state index in [0.29, 0.717) is 24.4 Å². The van der Waals surface area contributed by atoms with E-state index in [1.807, 2.05) is 6.08 Å². The minimum Gasteiger partial charge on any atom is -0.393 e. The molecule has 1 N–H and O–H groups in total. The van der Waals surface area contributed by atoms with E-state index in [0.717, 1.165) is 63.2 Å². The van der Waals surface area contributed by atoms with Crippen LogP contribution in [-0.4, -0.2) is 29.7 Å². The molecule has 3 saturated carbocycles. The summed E-state index contributed by atoms with van der Waals surface area (Å²) in [7, 11) is 0. The minimum atomic E-state index is -0.0558. The summed E-state index contributed by atoms with van der Waals surface area (Å²) in [4.78, 5) is 12.9. The summed E-state index contributed by atoms with van der Waals surface area (Å²) < 4.78 is 5.75. The lowest BCUT2D eigenvalue weighted by atomic mass is 9.68. The highest BCUT2D eigenvalue weighted by atomic mass is 16.5. The lowest BCUT2D eigenvalue weighted by Crippen LogP contribution is -2.34. The molecule has 0 heterocycles. The second kappa shape index (κ2) is 9.32. The third kappa shape index (κ3) is 5.17. The Labute approximate surface area is 153 Å². The van der Waals surface area contributed by atoms with E-state index in [1.165, 1.54) is 25.7 Å². The maximum atomic E-state index is 12.9. The van der Waals surface area contributed by atoms with Gasteiger partial charge in [-0.25, -0.2) is 0 Å². The summed E-state index contributed by atoms with van der Waals surface area (Å²) in [6, 6.07) is 0. The van der Waals surface area contributed by atoms with Gasteiger partial charge in [0.2, 0.25) is 0 Å². The van der Waals surface area contributed by atoms with Gasteiger partial charge in [-0.05, 0) is 88.9 Å². The van der Waals surface area contributed by atoms with E-state index in [9.17, 15) is 9.90 Å². The molecule has 0 radical (unpaired) electrons. The quantitative estimate of drug-likeness (QED) is 0.709. The van der Waals surface area contributed by atoms with E-state index in [-0.39, 0.29) is 12.0 Å². The Morgan fingerprint density at radius 3 is 1.84 bits per heavy atom. The second-order valence-corrected chi connectivity index (χ2v) is 8.68. The smallest absolute Gasteiger partial charge is 0.139 e. The van der Waals surface area contributed by atoms with Gasteiger partial charge in [-0.1, -0.05) is 6.08 Å². The molecular weight excluding hydrogens is 312 g/mol. The van der Waals surface area contributed by atoms with Gasteiger partial charge < -0.3 is 9.84 Å². The summed E-state index contributed by atoms with van der Waals surface area (Å²) in [5.41, 5.74) is 0. The number of carbonyl (C=O) groups is 1. The topological polar surface area (TPSA) is 46.5 Å². The van der Waals surface area contributed by atoms with Crippen LogP contribution in [0.4, 0.5) is 0 Å². The molecule has 3 aliphatic carbocycles. The molecule has 0 saturated heterocycles. The van der Waals surface area contributed by atoms with Crippen LogP contribution in [0, 0.1) is 23.7 Å². The summed E-state index contributed by atoms with van der Waals surface area (Å²) in [5, 5.41) is 9.69. The summed E-state index contributed by atoms with van der Waals surface area (Å²) in [6.07, 6.45) is 15.2. The van der Waals surface area contributed by atoms with Crippen molar-refractivity contribution in [1.82, 2.24) is 0 Å². The van der Waals surface area contributed by atoms with E-state index >= 15 is 0 Å². The lowest BCUT2D eigenvalue weighted by Gasteiger charge is -2.37. The Morgan fingerprint density at radius 1 is 0.840 bits per heavy atom. The highest BCUT2D eigenvalue weighted by Gasteiger charge is 2.36. The summed E-state index contributed by atoms with van der Waals surface area (Å²) >= 11 is 0. The molecule has 3 rings (SSSR count). The van der Waals surface area contributed by atoms with E-state index < -0.39 is 0 Å². The number of Topliss-reactive ketones (excluding diaryl/α,β-unsaturated/α-hetero) is 1. The number of ketones is 1. The maximum absolute atomic E-state index is 12.9. The Balaban J connectivity index is 1.39. The van der Waals surface area contributed by atoms with Crippen molar-refractivity contribution in [1.29, 1.82) is 0 Å². The highest BCUT2D eigenvalue weighted by Crippen LogP contribution is 2.41. The number of hydrogen-bond donors (Lipinski definition) is 1. The fourth-order valence-electron chi connectivity index (χ4n) is 5.50. The molecule has 3 nitrogen and oxygen atoms in total. The number of aliphatic hydroxyl groups is 1. The number of rotatable bonds is 6.